The first-order valence-electron chi connectivity index (χ1n) is 10.5. The van der Waals surface area contributed by atoms with Gasteiger partial charge < -0.3 is 46.5 Å². The summed E-state index contributed by atoms with van der Waals surface area (Å²) in [5, 5.41) is 24.4. The Hall–Kier alpha value is -1.99. The third-order valence-corrected chi connectivity index (χ3v) is 5.04. The van der Waals surface area contributed by atoms with E-state index in [0.29, 0.717) is 19.4 Å². The number of aliphatic imine (C=N–C) groups is 1. The zero-order chi connectivity index (χ0) is 23.2. The highest BCUT2D eigenvalue weighted by Crippen LogP contribution is 2.39. The van der Waals surface area contributed by atoms with Gasteiger partial charge in [0.05, 0.1) is 24.7 Å². The van der Waals surface area contributed by atoms with Crippen LogP contribution in [-0.2, 0) is 23.8 Å². The first-order chi connectivity index (χ1) is 14.5. The number of nitrogens with two attached hydrogens (primary N) is 2. The number of carboxylic acid groups (broad SMARTS) is 1. The quantitative estimate of drug-likeness (QED) is 0.114. The van der Waals surface area contributed by atoms with Crippen molar-refractivity contribution in [2.45, 2.75) is 82.4 Å². The molecule has 0 aromatic heterocycles. The normalized spacial score (nSPS) is 28.5. The minimum absolute atomic E-state index is 0.0326. The summed E-state index contributed by atoms with van der Waals surface area (Å²) in [5.74, 6) is -2.13. The highest BCUT2D eigenvalue weighted by Gasteiger charge is 2.55. The summed E-state index contributed by atoms with van der Waals surface area (Å²) >= 11 is 0. The lowest BCUT2D eigenvalue weighted by atomic mass is 10.0. The van der Waals surface area contributed by atoms with Gasteiger partial charge in [-0.25, -0.2) is 0 Å². The van der Waals surface area contributed by atoms with Crippen molar-refractivity contribution in [2.24, 2.45) is 16.5 Å². The number of aliphatic hydroxyl groups excluding tert-OH is 1. The molecule has 0 unspecified atom stereocenters. The summed E-state index contributed by atoms with van der Waals surface area (Å²) < 4.78 is 17.9. The van der Waals surface area contributed by atoms with E-state index in [-0.39, 0.29) is 31.4 Å². The van der Waals surface area contributed by atoms with Crippen molar-refractivity contribution in [3.05, 3.63) is 0 Å². The van der Waals surface area contributed by atoms with Crippen LogP contribution in [0.2, 0.25) is 0 Å². The minimum Gasteiger partial charge on any atom is -0.480 e. The molecule has 0 aromatic rings. The molecule has 178 valence electrons. The maximum absolute atomic E-state index is 12.2. The van der Waals surface area contributed by atoms with E-state index in [1.165, 1.54) is 0 Å². The Morgan fingerprint density at radius 2 is 1.84 bits per heavy atom. The van der Waals surface area contributed by atoms with Crippen LogP contribution >= 0.6 is 0 Å². The van der Waals surface area contributed by atoms with Crippen LogP contribution < -0.4 is 22.1 Å². The number of rotatable bonds is 12. The topological polar surface area (TPSA) is 191 Å². The average Bonchev–Trinajstić information content (AvgIpc) is 3.12. The molecule has 8 N–H and O–H groups in total. The van der Waals surface area contributed by atoms with E-state index in [9.17, 15) is 19.8 Å². The van der Waals surface area contributed by atoms with Gasteiger partial charge in [-0.2, -0.15) is 0 Å². The van der Waals surface area contributed by atoms with Crippen LogP contribution in [-0.4, -0.2) is 90.0 Å². The van der Waals surface area contributed by atoms with Gasteiger partial charge >= 0.3 is 5.97 Å². The van der Waals surface area contributed by atoms with Crippen molar-refractivity contribution in [3.63, 3.8) is 0 Å². The minimum atomic E-state index is -0.989. The summed E-state index contributed by atoms with van der Waals surface area (Å²) in [6.07, 6.45) is -1.69. The van der Waals surface area contributed by atoms with Gasteiger partial charge in [-0.05, 0) is 33.6 Å². The van der Waals surface area contributed by atoms with Crippen molar-refractivity contribution in [3.8, 4) is 0 Å². The third-order valence-electron chi connectivity index (χ3n) is 5.04. The molecule has 0 radical (unpaired) electrons. The van der Waals surface area contributed by atoms with Gasteiger partial charge in [0.1, 0.15) is 18.2 Å². The first-order valence-corrected chi connectivity index (χ1v) is 10.5. The van der Waals surface area contributed by atoms with E-state index in [1.807, 2.05) is 0 Å². The Labute approximate surface area is 181 Å². The molecule has 12 nitrogen and oxygen atoms in total. The molecule has 0 aliphatic carbocycles. The molecule has 2 aliphatic heterocycles. The average molecular weight is 446 g/mol. The van der Waals surface area contributed by atoms with Crippen molar-refractivity contribution in [1.29, 1.82) is 0 Å². The number of nitrogens with one attached hydrogen (secondary N) is 2. The van der Waals surface area contributed by atoms with Crippen molar-refractivity contribution in [1.82, 2.24) is 10.6 Å². The van der Waals surface area contributed by atoms with Crippen LogP contribution in [0.5, 0.6) is 0 Å². The largest absolute Gasteiger partial charge is 0.480 e. The number of amides is 1. The number of hydrogen-bond donors (Lipinski definition) is 6. The van der Waals surface area contributed by atoms with E-state index in [2.05, 4.69) is 15.6 Å². The SMILES string of the molecule is C[C@@H](O)CNC(=O)C[C@H]1O[C@@H](CN[C@@H](CCCN=C(N)N)C(=O)O)[C@H]2OC(C)(C)O[C@H]21. The molecule has 0 bridgehead atoms. The molecule has 31 heavy (non-hydrogen) atoms. The molecule has 2 heterocycles. The molecule has 2 saturated heterocycles. The number of ether oxygens (including phenoxy) is 3. The smallest absolute Gasteiger partial charge is 0.320 e. The molecule has 0 spiro atoms. The summed E-state index contributed by atoms with van der Waals surface area (Å²) in [4.78, 5) is 27.6. The van der Waals surface area contributed by atoms with Crippen LogP contribution in [0.4, 0.5) is 0 Å². The van der Waals surface area contributed by atoms with Gasteiger partial charge in [0.25, 0.3) is 0 Å². The molecular formula is C19H35N5O7. The Kier molecular flexibility index (Phi) is 9.01. The zero-order valence-electron chi connectivity index (χ0n) is 18.2. The second-order valence-electron chi connectivity index (χ2n) is 8.38. The Bertz CT molecular complexity index is 654. The molecular weight excluding hydrogens is 410 g/mol. The molecule has 0 aromatic carbocycles. The summed E-state index contributed by atoms with van der Waals surface area (Å²) in [6.45, 7) is 5.84. The monoisotopic (exact) mass is 445 g/mol. The Morgan fingerprint density at radius 3 is 2.42 bits per heavy atom. The van der Waals surface area contributed by atoms with Crippen molar-refractivity contribution < 1.29 is 34.0 Å². The highest BCUT2D eigenvalue weighted by atomic mass is 16.8. The fourth-order valence-electron chi connectivity index (χ4n) is 3.69. The molecule has 2 fully saturated rings. The number of aliphatic carboxylic acids is 1. The molecule has 2 aliphatic rings. The number of hydrogen-bond acceptors (Lipinski definition) is 8. The second kappa shape index (κ2) is 11.0. The zero-order valence-corrected chi connectivity index (χ0v) is 18.2. The fraction of sp³-hybridized carbons (Fsp3) is 0.842. The standard InChI is InChI=1S/C19H35N5O7/c1-10(25)8-24-14(26)7-12-15-16(31-19(2,3)30-15)13(29-12)9-23-11(17(27)28)5-4-6-22-18(20)21/h10-13,15-16,23,25H,4-9H2,1-3H3,(H,24,26)(H,27,28)(H4,20,21,22)/t10-,11+,12-,13+,15+,16-/m1/s1. The van der Waals surface area contributed by atoms with Gasteiger partial charge in [-0.1, -0.05) is 0 Å². The van der Waals surface area contributed by atoms with Gasteiger partial charge in [0.15, 0.2) is 11.7 Å². The summed E-state index contributed by atoms with van der Waals surface area (Å²) in [7, 11) is 0. The van der Waals surface area contributed by atoms with Gasteiger partial charge in [-0.3, -0.25) is 14.6 Å². The number of nitrogens with zero attached hydrogens (tertiary/aromatic N) is 1. The van der Waals surface area contributed by atoms with Crippen LogP contribution in [0, 0.1) is 0 Å². The highest BCUT2D eigenvalue weighted by molar-refractivity contribution is 5.76. The van der Waals surface area contributed by atoms with E-state index in [1.54, 1.807) is 20.8 Å². The maximum atomic E-state index is 12.2. The summed E-state index contributed by atoms with van der Waals surface area (Å²) in [6, 6.07) is -0.806. The predicted octanol–water partition coefficient (Wildman–Crippen LogP) is -1.74. The molecule has 1 amide bonds. The predicted molar refractivity (Wildman–Crippen MR) is 111 cm³/mol. The summed E-state index contributed by atoms with van der Waals surface area (Å²) in [5.41, 5.74) is 10.6. The number of carboxylic acids is 1. The van der Waals surface area contributed by atoms with Gasteiger partial charge in [-0.15, -0.1) is 0 Å². The molecule has 0 saturated carbocycles. The lowest BCUT2D eigenvalue weighted by Crippen LogP contribution is -2.44. The number of fused-ring (bicyclic) bond motifs is 1. The lowest BCUT2D eigenvalue weighted by Gasteiger charge is -2.25. The number of carbonyl (C=O) groups excluding carboxylic acids is 1. The maximum Gasteiger partial charge on any atom is 0.320 e. The number of guanidine groups is 1. The third kappa shape index (κ3) is 7.89. The van der Waals surface area contributed by atoms with E-state index >= 15 is 0 Å². The lowest BCUT2D eigenvalue weighted by molar-refractivity contribution is -0.187. The van der Waals surface area contributed by atoms with Crippen LogP contribution in [0.1, 0.15) is 40.0 Å². The van der Waals surface area contributed by atoms with Crippen LogP contribution in [0.3, 0.4) is 0 Å². The fourth-order valence-corrected chi connectivity index (χ4v) is 3.69. The van der Waals surface area contributed by atoms with Crippen molar-refractivity contribution >= 4 is 17.8 Å². The molecule has 12 heteroatoms. The first kappa shape index (κ1) is 25.3. The van der Waals surface area contributed by atoms with Gasteiger partial charge in [0.2, 0.25) is 5.91 Å². The molecule has 6 atom stereocenters. The number of aliphatic hydroxyl groups is 1. The van der Waals surface area contributed by atoms with E-state index < -0.39 is 48.3 Å². The van der Waals surface area contributed by atoms with Crippen LogP contribution in [0.25, 0.3) is 0 Å². The van der Waals surface area contributed by atoms with E-state index in [4.69, 9.17) is 25.7 Å². The molecule has 2 rings (SSSR count). The number of carbonyl (C=O) groups is 2. The van der Waals surface area contributed by atoms with Crippen LogP contribution in [0.15, 0.2) is 4.99 Å². The van der Waals surface area contributed by atoms with Crippen molar-refractivity contribution in [2.75, 3.05) is 19.6 Å². The Balaban J connectivity index is 1.93. The van der Waals surface area contributed by atoms with Gasteiger partial charge in [0, 0.05) is 19.6 Å². The van der Waals surface area contributed by atoms with E-state index in [0.717, 1.165) is 0 Å². The second-order valence-corrected chi connectivity index (χ2v) is 8.38. The Morgan fingerprint density at radius 1 is 1.19 bits per heavy atom.